The molecular weight excluding hydrogens is 270 g/mol. The number of hydrogen-bond acceptors (Lipinski definition) is 3. The summed E-state index contributed by atoms with van der Waals surface area (Å²) in [6.07, 6.45) is 1.54. The summed E-state index contributed by atoms with van der Waals surface area (Å²) in [4.78, 5) is 16.4. The van der Waals surface area contributed by atoms with Crippen molar-refractivity contribution in [3.8, 4) is 0 Å². The molecule has 0 aliphatic rings. The largest absolute Gasteiger partial charge is 0.326 e. The minimum absolute atomic E-state index is 0.0604. The minimum Gasteiger partial charge on any atom is -0.326 e. The van der Waals surface area contributed by atoms with Crippen LogP contribution in [0.15, 0.2) is 33.8 Å². The van der Waals surface area contributed by atoms with E-state index in [0.29, 0.717) is 17.4 Å². The Labute approximate surface area is 101 Å². The highest BCUT2D eigenvalue weighted by Gasteiger charge is 2.07. The van der Waals surface area contributed by atoms with Crippen molar-refractivity contribution >= 4 is 26.8 Å². The van der Waals surface area contributed by atoms with Crippen molar-refractivity contribution in [2.45, 2.75) is 19.5 Å². The number of nitrogens with zero attached hydrogens (tertiary/aromatic N) is 2. The van der Waals surface area contributed by atoms with E-state index in [1.807, 2.05) is 25.1 Å². The summed E-state index contributed by atoms with van der Waals surface area (Å²) >= 11 is 3.36. The second-order valence-corrected chi connectivity index (χ2v) is 4.67. The molecule has 0 saturated heterocycles. The van der Waals surface area contributed by atoms with Crippen LogP contribution in [0.5, 0.6) is 0 Å². The molecule has 2 rings (SSSR count). The van der Waals surface area contributed by atoms with E-state index in [4.69, 9.17) is 5.73 Å². The Morgan fingerprint density at radius 3 is 3.00 bits per heavy atom. The van der Waals surface area contributed by atoms with E-state index in [9.17, 15) is 4.79 Å². The van der Waals surface area contributed by atoms with Crippen molar-refractivity contribution in [2.75, 3.05) is 0 Å². The van der Waals surface area contributed by atoms with Gasteiger partial charge in [-0.15, -0.1) is 0 Å². The van der Waals surface area contributed by atoms with E-state index in [2.05, 4.69) is 20.9 Å². The van der Waals surface area contributed by atoms with Crippen LogP contribution in [0.25, 0.3) is 10.9 Å². The lowest BCUT2D eigenvalue weighted by atomic mass is 10.2. The molecule has 2 aromatic rings. The molecule has 0 radical (unpaired) electrons. The Kier molecular flexibility index (Phi) is 3.07. The van der Waals surface area contributed by atoms with Gasteiger partial charge in [0.1, 0.15) is 0 Å². The highest BCUT2D eigenvalue weighted by Crippen LogP contribution is 2.18. The number of halogens is 1. The van der Waals surface area contributed by atoms with Gasteiger partial charge in [0, 0.05) is 17.1 Å². The Morgan fingerprint density at radius 2 is 2.31 bits per heavy atom. The molecule has 0 bridgehead atoms. The van der Waals surface area contributed by atoms with Crippen molar-refractivity contribution in [2.24, 2.45) is 5.73 Å². The summed E-state index contributed by atoms with van der Waals surface area (Å²) in [5.74, 6) is 0. The molecule has 0 aliphatic carbocycles. The molecule has 0 spiro atoms. The lowest BCUT2D eigenvalue weighted by Gasteiger charge is -2.09. The van der Waals surface area contributed by atoms with Gasteiger partial charge in [-0.1, -0.05) is 6.07 Å². The average molecular weight is 282 g/mol. The maximum absolute atomic E-state index is 12.1. The Morgan fingerprint density at radius 1 is 1.56 bits per heavy atom. The van der Waals surface area contributed by atoms with Gasteiger partial charge in [0.25, 0.3) is 5.56 Å². The molecule has 16 heavy (non-hydrogen) atoms. The van der Waals surface area contributed by atoms with E-state index in [1.165, 1.54) is 4.57 Å². The minimum atomic E-state index is -0.0700. The molecule has 5 heteroatoms. The Hall–Kier alpha value is -1.20. The number of fused-ring (bicyclic) bond motifs is 1. The molecule has 4 nitrogen and oxygen atoms in total. The fraction of sp³-hybridized carbons (Fsp3) is 0.273. The third kappa shape index (κ3) is 2.01. The lowest BCUT2D eigenvalue weighted by molar-refractivity contribution is 0.570. The van der Waals surface area contributed by atoms with Gasteiger partial charge in [-0.3, -0.25) is 9.36 Å². The molecule has 2 N–H and O–H groups in total. The van der Waals surface area contributed by atoms with Crippen molar-refractivity contribution in [1.82, 2.24) is 9.55 Å². The normalized spacial score (nSPS) is 12.9. The first-order chi connectivity index (χ1) is 7.59. The molecular formula is C11H12BrN3O. The zero-order valence-electron chi connectivity index (χ0n) is 8.85. The van der Waals surface area contributed by atoms with E-state index in [1.54, 1.807) is 6.33 Å². The average Bonchev–Trinajstić information content (AvgIpc) is 2.22. The standard InChI is InChI=1S/C11H12BrN3O/c1-7(13)5-15-6-14-9-4-2-3-8(12)10(9)11(15)16/h2-4,6-7H,5,13H2,1H3. The van der Waals surface area contributed by atoms with Crippen LogP contribution in [-0.2, 0) is 6.54 Å². The Bertz CT molecular complexity index is 577. The molecule has 0 saturated carbocycles. The zero-order valence-corrected chi connectivity index (χ0v) is 10.4. The summed E-state index contributed by atoms with van der Waals surface area (Å²) in [5, 5.41) is 0.602. The van der Waals surface area contributed by atoms with E-state index < -0.39 is 0 Å². The van der Waals surface area contributed by atoms with Gasteiger partial charge in [0.15, 0.2) is 0 Å². The summed E-state index contributed by atoms with van der Waals surface area (Å²) in [6.45, 7) is 2.33. The summed E-state index contributed by atoms with van der Waals surface area (Å²) in [7, 11) is 0. The van der Waals surface area contributed by atoms with Crippen LogP contribution in [0.3, 0.4) is 0 Å². The highest BCUT2D eigenvalue weighted by atomic mass is 79.9. The van der Waals surface area contributed by atoms with Crippen molar-refractivity contribution < 1.29 is 0 Å². The van der Waals surface area contributed by atoms with Gasteiger partial charge in [-0.05, 0) is 35.0 Å². The van der Waals surface area contributed by atoms with Crippen molar-refractivity contribution in [3.63, 3.8) is 0 Å². The van der Waals surface area contributed by atoms with Gasteiger partial charge in [-0.2, -0.15) is 0 Å². The van der Waals surface area contributed by atoms with Gasteiger partial charge in [0.05, 0.1) is 17.2 Å². The quantitative estimate of drug-likeness (QED) is 0.908. The molecule has 1 heterocycles. The summed E-state index contributed by atoms with van der Waals surface area (Å²) in [5.41, 5.74) is 6.31. The van der Waals surface area contributed by atoms with Gasteiger partial charge >= 0.3 is 0 Å². The first-order valence-electron chi connectivity index (χ1n) is 4.99. The van der Waals surface area contributed by atoms with Crippen LogP contribution >= 0.6 is 15.9 Å². The maximum Gasteiger partial charge on any atom is 0.262 e. The predicted octanol–water partition coefficient (Wildman–Crippen LogP) is 1.51. The second kappa shape index (κ2) is 4.35. The van der Waals surface area contributed by atoms with Crippen molar-refractivity contribution in [3.05, 3.63) is 39.4 Å². The lowest BCUT2D eigenvalue weighted by Crippen LogP contribution is -2.30. The van der Waals surface area contributed by atoms with Crippen molar-refractivity contribution in [1.29, 1.82) is 0 Å². The van der Waals surface area contributed by atoms with Crippen LogP contribution in [0, 0.1) is 0 Å². The van der Waals surface area contributed by atoms with E-state index in [-0.39, 0.29) is 11.6 Å². The molecule has 84 valence electrons. The number of aromatic nitrogens is 2. The van der Waals surface area contributed by atoms with Crippen LogP contribution in [-0.4, -0.2) is 15.6 Å². The fourth-order valence-electron chi connectivity index (χ4n) is 1.60. The van der Waals surface area contributed by atoms with Crippen LogP contribution in [0.2, 0.25) is 0 Å². The molecule has 0 fully saturated rings. The molecule has 0 amide bonds. The van der Waals surface area contributed by atoms with E-state index >= 15 is 0 Å². The van der Waals surface area contributed by atoms with Gasteiger partial charge in [0.2, 0.25) is 0 Å². The smallest absolute Gasteiger partial charge is 0.262 e. The van der Waals surface area contributed by atoms with Gasteiger partial charge < -0.3 is 5.73 Å². The monoisotopic (exact) mass is 281 g/mol. The topological polar surface area (TPSA) is 60.9 Å². The molecule has 1 aromatic carbocycles. The number of rotatable bonds is 2. The zero-order chi connectivity index (χ0) is 11.7. The summed E-state index contributed by atoms with van der Waals surface area (Å²) < 4.78 is 2.30. The van der Waals surface area contributed by atoms with E-state index in [0.717, 1.165) is 4.47 Å². The maximum atomic E-state index is 12.1. The molecule has 1 unspecified atom stereocenters. The summed E-state index contributed by atoms with van der Waals surface area (Å²) in [6, 6.07) is 5.44. The van der Waals surface area contributed by atoms with Gasteiger partial charge in [-0.25, -0.2) is 4.98 Å². The second-order valence-electron chi connectivity index (χ2n) is 3.81. The first-order valence-corrected chi connectivity index (χ1v) is 5.78. The molecule has 1 aromatic heterocycles. The fourth-order valence-corrected chi connectivity index (χ4v) is 2.13. The molecule has 0 aliphatic heterocycles. The number of hydrogen-bond donors (Lipinski definition) is 1. The third-order valence-corrected chi connectivity index (χ3v) is 2.95. The predicted molar refractivity (Wildman–Crippen MR) is 67.4 cm³/mol. The van der Waals surface area contributed by atoms with Crippen LogP contribution < -0.4 is 11.3 Å². The Balaban J connectivity index is 2.69. The van der Waals surface area contributed by atoms with Crippen LogP contribution in [0.4, 0.5) is 0 Å². The number of benzene rings is 1. The number of nitrogens with two attached hydrogens (primary N) is 1. The molecule has 1 atom stereocenters. The first kappa shape index (κ1) is 11.3. The highest BCUT2D eigenvalue weighted by molar-refractivity contribution is 9.10. The van der Waals surface area contributed by atoms with Crippen LogP contribution in [0.1, 0.15) is 6.92 Å². The SMILES string of the molecule is CC(N)Cn1cnc2cccc(Br)c2c1=O. The third-order valence-electron chi connectivity index (χ3n) is 2.29.